The van der Waals surface area contributed by atoms with Crippen LogP contribution in [0.3, 0.4) is 0 Å². The van der Waals surface area contributed by atoms with Gasteiger partial charge >= 0.3 is 5.97 Å². The van der Waals surface area contributed by atoms with Crippen LogP contribution in [0, 0.1) is 19.7 Å². The van der Waals surface area contributed by atoms with E-state index in [1.807, 2.05) is 0 Å². The number of hydrogen-bond donors (Lipinski definition) is 0. The van der Waals surface area contributed by atoms with E-state index in [0.717, 1.165) is 6.07 Å². The standard InChI is InChI=1S/C21H25FN2O4/c1-7-28-21(27)18-12(2)17(13(3)23(18)5)19(25)14(4)24(6)20(26)15-9-8-10-16(22)11-15/h8-11,14H,7H2,1-6H3. The summed E-state index contributed by atoms with van der Waals surface area (Å²) in [6.45, 7) is 6.98. The molecule has 0 aliphatic rings. The van der Waals surface area contributed by atoms with Crippen LogP contribution in [0.4, 0.5) is 4.39 Å². The maximum absolute atomic E-state index is 13.4. The summed E-state index contributed by atoms with van der Waals surface area (Å²) >= 11 is 0. The molecule has 7 heteroatoms. The van der Waals surface area contributed by atoms with Crippen LogP contribution < -0.4 is 0 Å². The van der Waals surface area contributed by atoms with E-state index in [0.29, 0.717) is 22.5 Å². The molecular weight excluding hydrogens is 363 g/mol. The Labute approximate surface area is 163 Å². The Hall–Kier alpha value is -2.96. The molecule has 0 fully saturated rings. The summed E-state index contributed by atoms with van der Waals surface area (Å²) in [5, 5.41) is 0. The third-order valence-electron chi connectivity index (χ3n) is 5.00. The van der Waals surface area contributed by atoms with Gasteiger partial charge in [0.15, 0.2) is 5.78 Å². The minimum atomic E-state index is -0.800. The minimum Gasteiger partial charge on any atom is -0.461 e. The van der Waals surface area contributed by atoms with Crippen molar-refractivity contribution in [3.63, 3.8) is 0 Å². The molecule has 0 spiro atoms. The van der Waals surface area contributed by atoms with Gasteiger partial charge < -0.3 is 14.2 Å². The molecule has 150 valence electrons. The van der Waals surface area contributed by atoms with Gasteiger partial charge in [-0.2, -0.15) is 0 Å². The molecule has 6 nitrogen and oxygen atoms in total. The molecule has 28 heavy (non-hydrogen) atoms. The van der Waals surface area contributed by atoms with E-state index in [1.54, 1.807) is 39.3 Å². The van der Waals surface area contributed by atoms with Gasteiger partial charge in [0.05, 0.1) is 12.6 Å². The summed E-state index contributed by atoms with van der Waals surface area (Å²) in [5.74, 6) is -1.78. The van der Waals surface area contributed by atoms with Crippen molar-refractivity contribution in [2.45, 2.75) is 33.7 Å². The molecule has 2 aromatic rings. The third kappa shape index (κ3) is 3.83. The van der Waals surface area contributed by atoms with Crippen molar-refractivity contribution in [2.24, 2.45) is 7.05 Å². The summed E-state index contributed by atoms with van der Waals surface area (Å²) in [5.41, 5.74) is 1.99. The number of carbonyl (C=O) groups excluding carboxylic acids is 3. The number of likely N-dealkylation sites (N-methyl/N-ethyl adjacent to an activating group) is 1. The second kappa shape index (κ2) is 8.37. The highest BCUT2D eigenvalue weighted by Crippen LogP contribution is 2.25. The molecule has 0 radical (unpaired) electrons. The molecule has 2 rings (SSSR count). The first-order valence-electron chi connectivity index (χ1n) is 9.01. The Morgan fingerprint density at radius 3 is 2.46 bits per heavy atom. The van der Waals surface area contributed by atoms with E-state index in [9.17, 15) is 18.8 Å². The zero-order chi connectivity index (χ0) is 21.2. The fraction of sp³-hybridized carbons (Fsp3) is 0.381. The zero-order valence-electron chi connectivity index (χ0n) is 17.0. The number of hydrogen-bond acceptors (Lipinski definition) is 4. The van der Waals surface area contributed by atoms with Crippen LogP contribution in [0.15, 0.2) is 24.3 Å². The summed E-state index contributed by atoms with van der Waals surface area (Å²) in [7, 11) is 3.19. The fourth-order valence-electron chi connectivity index (χ4n) is 3.22. The molecule has 1 unspecified atom stereocenters. The fourth-order valence-corrected chi connectivity index (χ4v) is 3.22. The maximum Gasteiger partial charge on any atom is 0.355 e. The first-order valence-corrected chi connectivity index (χ1v) is 9.01. The quantitative estimate of drug-likeness (QED) is 0.562. The molecule has 0 saturated heterocycles. The molecule has 0 aliphatic carbocycles. The summed E-state index contributed by atoms with van der Waals surface area (Å²) < 4.78 is 20.1. The monoisotopic (exact) mass is 388 g/mol. The molecule has 0 aliphatic heterocycles. The van der Waals surface area contributed by atoms with E-state index < -0.39 is 23.7 Å². The van der Waals surface area contributed by atoms with Crippen LogP contribution >= 0.6 is 0 Å². The average molecular weight is 388 g/mol. The van der Waals surface area contributed by atoms with Crippen molar-refractivity contribution in [3.8, 4) is 0 Å². The van der Waals surface area contributed by atoms with Crippen molar-refractivity contribution in [1.82, 2.24) is 9.47 Å². The molecule has 1 heterocycles. The lowest BCUT2D eigenvalue weighted by Gasteiger charge is -2.24. The number of amides is 1. The van der Waals surface area contributed by atoms with E-state index in [1.165, 1.54) is 30.1 Å². The summed E-state index contributed by atoms with van der Waals surface area (Å²) in [6.07, 6.45) is 0. The molecule has 1 aromatic heterocycles. The van der Waals surface area contributed by atoms with Gasteiger partial charge in [0, 0.05) is 30.9 Å². The Morgan fingerprint density at radius 2 is 1.89 bits per heavy atom. The van der Waals surface area contributed by atoms with Gasteiger partial charge in [0.2, 0.25) is 0 Å². The van der Waals surface area contributed by atoms with Crippen molar-refractivity contribution in [1.29, 1.82) is 0 Å². The highest BCUT2D eigenvalue weighted by Gasteiger charge is 2.31. The third-order valence-corrected chi connectivity index (χ3v) is 5.00. The van der Waals surface area contributed by atoms with Crippen molar-refractivity contribution >= 4 is 17.7 Å². The lowest BCUT2D eigenvalue weighted by atomic mass is 9.99. The number of nitrogens with zero attached hydrogens (tertiary/aromatic N) is 2. The van der Waals surface area contributed by atoms with Gasteiger partial charge in [0.25, 0.3) is 5.91 Å². The highest BCUT2D eigenvalue weighted by atomic mass is 19.1. The van der Waals surface area contributed by atoms with E-state index >= 15 is 0 Å². The number of aromatic nitrogens is 1. The number of Topliss-reactive ketones (excluding diaryl/α,β-unsaturated/α-hetero) is 1. The molecule has 1 atom stereocenters. The van der Waals surface area contributed by atoms with Crippen LogP contribution in [-0.4, -0.2) is 46.8 Å². The van der Waals surface area contributed by atoms with Crippen LogP contribution in [0.25, 0.3) is 0 Å². The van der Waals surface area contributed by atoms with Gasteiger partial charge in [-0.3, -0.25) is 9.59 Å². The first kappa shape index (κ1) is 21.3. The maximum atomic E-state index is 13.4. The molecule has 0 bridgehead atoms. The normalized spacial score (nSPS) is 11.8. The molecular formula is C21H25FN2O4. The Kier molecular flexibility index (Phi) is 6.38. The lowest BCUT2D eigenvalue weighted by Crippen LogP contribution is -2.40. The van der Waals surface area contributed by atoms with E-state index in [-0.39, 0.29) is 18.0 Å². The summed E-state index contributed by atoms with van der Waals surface area (Å²) in [4.78, 5) is 39.3. The number of carbonyl (C=O) groups is 3. The van der Waals surface area contributed by atoms with E-state index in [4.69, 9.17) is 4.74 Å². The number of benzene rings is 1. The van der Waals surface area contributed by atoms with Crippen molar-refractivity contribution < 1.29 is 23.5 Å². The Balaban J connectivity index is 2.36. The second-order valence-corrected chi connectivity index (χ2v) is 6.68. The predicted molar refractivity (Wildman–Crippen MR) is 103 cm³/mol. The Bertz CT molecular complexity index is 933. The second-order valence-electron chi connectivity index (χ2n) is 6.68. The van der Waals surface area contributed by atoms with Crippen molar-refractivity contribution in [2.75, 3.05) is 13.7 Å². The molecule has 0 N–H and O–H groups in total. The van der Waals surface area contributed by atoms with Gasteiger partial charge in [0.1, 0.15) is 11.5 Å². The average Bonchev–Trinajstić information content (AvgIpc) is 2.88. The smallest absolute Gasteiger partial charge is 0.355 e. The van der Waals surface area contributed by atoms with Gasteiger partial charge in [-0.15, -0.1) is 0 Å². The minimum absolute atomic E-state index is 0.163. The largest absolute Gasteiger partial charge is 0.461 e. The number of ketones is 1. The lowest BCUT2D eigenvalue weighted by molar-refractivity contribution is 0.0514. The van der Waals surface area contributed by atoms with Gasteiger partial charge in [-0.25, -0.2) is 9.18 Å². The zero-order valence-corrected chi connectivity index (χ0v) is 17.0. The van der Waals surface area contributed by atoms with Crippen LogP contribution in [0.2, 0.25) is 0 Å². The Morgan fingerprint density at radius 1 is 1.25 bits per heavy atom. The summed E-state index contributed by atoms with van der Waals surface area (Å²) in [6, 6.07) is 4.52. The SMILES string of the molecule is CCOC(=O)c1c(C)c(C(=O)C(C)N(C)C(=O)c2cccc(F)c2)c(C)n1C. The topological polar surface area (TPSA) is 68.6 Å². The number of rotatable bonds is 6. The van der Waals surface area contributed by atoms with Gasteiger partial charge in [-0.05, 0) is 51.5 Å². The number of ether oxygens (including phenoxy) is 1. The van der Waals surface area contributed by atoms with Crippen molar-refractivity contribution in [3.05, 3.63) is 58.2 Å². The highest BCUT2D eigenvalue weighted by molar-refractivity contribution is 6.07. The molecule has 1 aromatic carbocycles. The number of esters is 1. The first-order chi connectivity index (χ1) is 13.1. The van der Waals surface area contributed by atoms with Crippen LogP contribution in [-0.2, 0) is 11.8 Å². The number of halogens is 1. The molecule has 0 saturated carbocycles. The predicted octanol–water partition coefficient (Wildman–Crippen LogP) is 3.30. The van der Waals surface area contributed by atoms with Crippen LogP contribution in [0.5, 0.6) is 0 Å². The van der Waals surface area contributed by atoms with E-state index in [2.05, 4.69) is 0 Å². The molecule has 1 amide bonds. The van der Waals surface area contributed by atoms with Gasteiger partial charge in [-0.1, -0.05) is 6.07 Å². The van der Waals surface area contributed by atoms with Crippen LogP contribution in [0.1, 0.15) is 56.3 Å².